The highest BCUT2D eigenvalue weighted by Gasteiger charge is 1.97. The van der Waals surface area contributed by atoms with Gasteiger partial charge >= 0.3 is 0 Å². The van der Waals surface area contributed by atoms with Crippen LogP contribution in [0.4, 0.5) is 0 Å². The molecule has 0 radical (unpaired) electrons. The molecular weight excluding hydrogens is 308 g/mol. The zero-order valence-corrected chi connectivity index (χ0v) is 16.3. The molecule has 0 aromatic heterocycles. The molecule has 142 valence electrons. The lowest BCUT2D eigenvalue weighted by Crippen LogP contribution is -1.89. The molecule has 0 saturated heterocycles. The molecule has 0 atom stereocenters. The summed E-state index contributed by atoms with van der Waals surface area (Å²) in [5.41, 5.74) is 1.39. The smallest absolute Gasteiger partial charge is 0.119 e. The summed E-state index contributed by atoms with van der Waals surface area (Å²) in [6.07, 6.45) is 20.3. The Hall–Kier alpha value is -1.31. The van der Waals surface area contributed by atoms with Crippen molar-refractivity contribution in [3.05, 3.63) is 29.8 Å². The molecule has 0 bridgehead atoms. The van der Waals surface area contributed by atoms with Crippen LogP contribution in [0.15, 0.2) is 24.3 Å². The molecule has 0 aliphatic rings. The van der Waals surface area contributed by atoms with E-state index in [0.717, 1.165) is 24.9 Å². The number of hydrogen-bond acceptors (Lipinski definition) is 2. The average Bonchev–Trinajstić information content (AvgIpc) is 2.65. The highest BCUT2D eigenvalue weighted by atomic mass is 16.5. The summed E-state index contributed by atoms with van der Waals surface area (Å²) in [4.78, 5) is 10.2. The third-order valence-electron chi connectivity index (χ3n) is 4.92. The maximum absolute atomic E-state index is 10.2. The molecule has 0 aliphatic carbocycles. The van der Waals surface area contributed by atoms with E-state index in [1.54, 1.807) is 7.11 Å². The fraction of sp³-hybridized carbons (Fsp3) is 0.696. The number of benzene rings is 1. The second-order valence-corrected chi connectivity index (χ2v) is 7.15. The van der Waals surface area contributed by atoms with Crippen LogP contribution in [0.3, 0.4) is 0 Å². The van der Waals surface area contributed by atoms with E-state index < -0.39 is 0 Å². The molecule has 25 heavy (non-hydrogen) atoms. The van der Waals surface area contributed by atoms with Gasteiger partial charge < -0.3 is 9.53 Å². The van der Waals surface area contributed by atoms with Crippen molar-refractivity contribution in [1.82, 2.24) is 0 Å². The van der Waals surface area contributed by atoms with Gasteiger partial charge in [0.25, 0.3) is 0 Å². The fourth-order valence-corrected chi connectivity index (χ4v) is 3.33. The van der Waals surface area contributed by atoms with Gasteiger partial charge in [-0.25, -0.2) is 0 Å². The number of carbonyl (C=O) groups is 1. The predicted octanol–water partition coefficient (Wildman–Crippen LogP) is 6.90. The van der Waals surface area contributed by atoms with Crippen LogP contribution in [0.2, 0.25) is 0 Å². The van der Waals surface area contributed by atoms with Gasteiger partial charge in [-0.15, -0.1) is 0 Å². The SMILES string of the molecule is COc1cccc(CCCCCCCCCCCCCCCC=O)c1. The molecule has 1 aromatic rings. The van der Waals surface area contributed by atoms with Gasteiger partial charge in [0.2, 0.25) is 0 Å². The Bertz CT molecular complexity index is 428. The zero-order chi connectivity index (χ0) is 18.0. The summed E-state index contributed by atoms with van der Waals surface area (Å²) >= 11 is 0. The Labute approximate surface area is 155 Å². The van der Waals surface area contributed by atoms with Crippen molar-refractivity contribution in [2.75, 3.05) is 7.11 Å². The summed E-state index contributed by atoms with van der Waals surface area (Å²) in [7, 11) is 1.73. The van der Waals surface area contributed by atoms with E-state index in [1.807, 2.05) is 6.07 Å². The van der Waals surface area contributed by atoms with Crippen LogP contribution in [-0.4, -0.2) is 13.4 Å². The Balaban J connectivity index is 1.80. The van der Waals surface area contributed by atoms with Crippen LogP contribution in [0, 0.1) is 0 Å². The van der Waals surface area contributed by atoms with Crippen LogP contribution in [0.1, 0.15) is 95.5 Å². The minimum atomic E-state index is 0.750. The van der Waals surface area contributed by atoms with Crippen LogP contribution >= 0.6 is 0 Å². The van der Waals surface area contributed by atoms with Crippen LogP contribution < -0.4 is 4.74 Å². The van der Waals surface area contributed by atoms with E-state index in [1.165, 1.54) is 89.0 Å². The van der Waals surface area contributed by atoms with Gasteiger partial charge in [0.1, 0.15) is 12.0 Å². The van der Waals surface area contributed by atoms with Crippen molar-refractivity contribution in [2.45, 2.75) is 96.3 Å². The molecule has 0 unspecified atom stereocenters. The first-order chi connectivity index (χ1) is 12.4. The van der Waals surface area contributed by atoms with Crippen LogP contribution in [-0.2, 0) is 11.2 Å². The lowest BCUT2D eigenvalue weighted by atomic mass is 10.0. The minimum absolute atomic E-state index is 0.750. The second-order valence-electron chi connectivity index (χ2n) is 7.15. The summed E-state index contributed by atoms with van der Waals surface area (Å²) in [6.45, 7) is 0. The molecule has 0 fully saturated rings. The lowest BCUT2D eigenvalue weighted by molar-refractivity contribution is -0.107. The first-order valence-corrected chi connectivity index (χ1v) is 10.4. The van der Waals surface area contributed by atoms with Crippen molar-refractivity contribution >= 4 is 6.29 Å². The van der Waals surface area contributed by atoms with Gasteiger partial charge in [0, 0.05) is 6.42 Å². The molecule has 2 nitrogen and oxygen atoms in total. The fourth-order valence-electron chi connectivity index (χ4n) is 3.33. The van der Waals surface area contributed by atoms with Crippen molar-refractivity contribution < 1.29 is 9.53 Å². The Morgan fingerprint density at radius 1 is 0.760 bits per heavy atom. The Morgan fingerprint density at radius 2 is 1.28 bits per heavy atom. The molecule has 0 aliphatic heterocycles. The summed E-state index contributed by atoms with van der Waals surface area (Å²) in [5.74, 6) is 0.971. The molecular formula is C23H38O2. The first kappa shape index (κ1) is 21.7. The number of methoxy groups -OCH3 is 1. The zero-order valence-electron chi connectivity index (χ0n) is 16.3. The molecule has 0 amide bonds. The van der Waals surface area contributed by atoms with E-state index in [9.17, 15) is 4.79 Å². The molecule has 1 aromatic carbocycles. The topological polar surface area (TPSA) is 26.3 Å². The second kappa shape index (κ2) is 16.2. The summed E-state index contributed by atoms with van der Waals surface area (Å²) in [6, 6.07) is 8.45. The molecule has 2 heteroatoms. The van der Waals surface area contributed by atoms with Gasteiger partial charge in [-0.1, -0.05) is 82.8 Å². The van der Waals surface area contributed by atoms with Crippen molar-refractivity contribution in [1.29, 1.82) is 0 Å². The van der Waals surface area contributed by atoms with Crippen molar-refractivity contribution in [3.8, 4) is 5.75 Å². The highest BCUT2D eigenvalue weighted by Crippen LogP contribution is 2.16. The molecule has 0 heterocycles. The van der Waals surface area contributed by atoms with Crippen molar-refractivity contribution in [2.24, 2.45) is 0 Å². The molecule has 0 saturated carbocycles. The van der Waals surface area contributed by atoms with Gasteiger partial charge in [0.05, 0.1) is 7.11 Å². The van der Waals surface area contributed by atoms with Gasteiger partial charge in [-0.3, -0.25) is 0 Å². The number of rotatable bonds is 17. The van der Waals surface area contributed by atoms with Gasteiger partial charge in [0.15, 0.2) is 0 Å². The van der Waals surface area contributed by atoms with Gasteiger partial charge in [-0.05, 0) is 37.0 Å². The third-order valence-corrected chi connectivity index (χ3v) is 4.92. The minimum Gasteiger partial charge on any atom is -0.497 e. The summed E-state index contributed by atoms with van der Waals surface area (Å²) in [5, 5.41) is 0. The Morgan fingerprint density at radius 3 is 1.80 bits per heavy atom. The van der Waals surface area contributed by atoms with E-state index in [4.69, 9.17) is 4.74 Å². The molecule has 1 rings (SSSR count). The number of carbonyl (C=O) groups excluding carboxylic acids is 1. The quantitative estimate of drug-likeness (QED) is 0.226. The predicted molar refractivity (Wildman–Crippen MR) is 107 cm³/mol. The average molecular weight is 347 g/mol. The number of aryl methyl sites for hydroxylation is 1. The monoisotopic (exact) mass is 346 g/mol. The number of ether oxygens (including phenoxy) is 1. The first-order valence-electron chi connectivity index (χ1n) is 10.4. The van der Waals surface area contributed by atoms with Crippen LogP contribution in [0.5, 0.6) is 5.75 Å². The standard InChI is InChI=1S/C23H38O2/c1-25-23-19-16-18-22(21-23)17-14-12-10-8-6-4-2-3-5-7-9-11-13-15-20-24/h16,18-21H,2-15,17H2,1H3. The number of aldehydes is 1. The van der Waals surface area contributed by atoms with E-state index >= 15 is 0 Å². The normalized spacial score (nSPS) is 10.8. The van der Waals surface area contributed by atoms with Gasteiger partial charge in [-0.2, -0.15) is 0 Å². The highest BCUT2D eigenvalue weighted by molar-refractivity contribution is 5.48. The maximum atomic E-state index is 10.2. The summed E-state index contributed by atoms with van der Waals surface area (Å²) < 4.78 is 5.27. The van der Waals surface area contributed by atoms with E-state index in [2.05, 4.69) is 18.2 Å². The largest absolute Gasteiger partial charge is 0.497 e. The third kappa shape index (κ3) is 12.7. The van der Waals surface area contributed by atoms with Crippen LogP contribution in [0.25, 0.3) is 0 Å². The Kier molecular flexibility index (Phi) is 14.1. The maximum Gasteiger partial charge on any atom is 0.119 e. The van der Waals surface area contributed by atoms with E-state index in [-0.39, 0.29) is 0 Å². The molecule has 0 spiro atoms. The molecule has 0 N–H and O–H groups in total. The number of unbranched alkanes of at least 4 members (excludes halogenated alkanes) is 13. The lowest BCUT2D eigenvalue weighted by Gasteiger charge is -2.05. The van der Waals surface area contributed by atoms with E-state index in [0.29, 0.717) is 0 Å². The van der Waals surface area contributed by atoms with Crippen molar-refractivity contribution in [3.63, 3.8) is 0 Å². The number of hydrogen-bond donors (Lipinski definition) is 0.